The number of carboxylic acids is 2. The molecule has 11 heteroatoms. The number of nitrogens with zero attached hydrogens (tertiary/aromatic N) is 2. The number of carbonyl (C=O) groups excluding carboxylic acids is 2. The number of thioether (sulfide) groups is 2. The van der Waals surface area contributed by atoms with Crippen molar-refractivity contribution in [3.63, 3.8) is 0 Å². The van der Waals surface area contributed by atoms with Crippen LogP contribution >= 0.6 is 47.5 Å². The Kier molecular flexibility index (Phi) is 7.92. The molecule has 0 aliphatic carbocycles. The summed E-state index contributed by atoms with van der Waals surface area (Å²) in [5.41, 5.74) is 6.12. The number of β-lactam (4-membered cyclic amide) rings is 1. The van der Waals surface area contributed by atoms with Crippen LogP contribution in [-0.2, 0) is 20.9 Å². The number of nitrogens with two attached hydrogens (primary N) is 1. The number of aromatic nitrogens is 1. The Labute approximate surface area is 186 Å². The lowest BCUT2D eigenvalue weighted by molar-refractivity contribution is -0.687. The molecule has 2 atom stereocenters. The number of halogens is 1. The van der Waals surface area contributed by atoms with Crippen molar-refractivity contribution in [2.75, 3.05) is 11.5 Å². The number of fused-ring (bicyclic) bond motifs is 1. The summed E-state index contributed by atoms with van der Waals surface area (Å²) in [5.74, 6) is -2.21. The van der Waals surface area contributed by atoms with Gasteiger partial charge in [0.15, 0.2) is 18.9 Å². The summed E-state index contributed by atoms with van der Waals surface area (Å²) in [7, 11) is 0. The molecule has 3 N–H and O–H groups in total. The Morgan fingerprint density at radius 2 is 2.11 bits per heavy atom. The highest BCUT2D eigenvalue weighted by Crippen LogP contribution is 2.39. The van der Waals surface area contributed by atoms with Gasteiger partial charge in [0, 0.05) is 22.8 Å². The van der Waals surface area contributed by atoms with E-state index in [1.54, 1.807) is 12.2 Å². The molecular formula is C17H18IN3O5S2. The highest BCUT2D eigenvalue weighted by atomic mass is 127. The first-order chi connectivity index (χ1) is 12.9. The minimum Gasteiger partial charge on any atom is -0.543 e. The lowest BCUT2D eigenvalue weighted by Crippen LogP contribution is -2.69. The zero-order valence-corrected chi connectivity index (χ0v) is 18.5. The van der Waals surface area contributed by atoms with Gasteiger partial charge in [0.25, 0.3) is 0 Å². The van der Waals surface area contributed by atoms with Crippen molar-refractivity contribution in [2.24, 2.45) is 5.73 Å². The van der Waals surface area contributed by atoms with Gasteiger partial charge in [0.05, 0.1) is 17.4 Å². The van der Waals surface area contributed by atoms with Crippen molar-refractivity contribution in [1.29, 1.82) is 0 Å². The van der Waals surface area contributed by atoms with Gasteiger partial charge in [-0.1, -0.05) is 6.08 Å². The van der Waals surface area contributed by atoms with Crippen LogP contribution in [0.3, 0.4) is 0 Å². The van der Waals surface area contributed by atoms with Gasteiger partial charge in [-0.05, 0) is 11.6 Å². The number of rotatable bonds is 7. The van der Waals surface area contributed by atoms with Crippen LogP contribution in [0.15, 0.2) is 52.8 Å². The Morgan fingerprint density at radius 1 is 1.43 bits per heavy atom. The van der Waals surface area contributed by atoms with Crippen molar-refractivity contribution >= 4 is 65.3 Å². The fourth-order valence-electron chi connectivity index (χ4n) is 2.78. The molecule has 1 saturated heterocycles. The monoisotopic (exact) mass is 535 g/mol. The van der Waals surface area contributed by atoms with Crippen molar-refractivity contribution in [1.82, 2.24) is 4.90 Å². The van der Waals surface area contributed by atoms with E-state index in [4.69, 9.17) is 10.8 Å². The Hall–Kier alpha value is -1.57. The van der Waals surface area contributed by atoms with E-state index in [1.807, 2.05) is 29.1 Å². The molecule has 1 fully saturated rings. The molecule has 2 aliphatic heterocycles. The molecule has 0 saturated carbocycles. The zero-order valence-electron chi connectivity index (χ0n) is 14.5. The van der Waals surface area contributed by atoms with Crippen LogP contribution in [0.4, 0.5) is 0 Å². The second kappa shape index (κ2) is 9.76. The van der Waals surface area contributed by atoms with Gasteiger partial charge in [-0.3, -0.25) is 14.5 Å². The molecule has 0 spiro atoms. The smallest absolute Gasteiger partial charge is 0.313 e. The average Bonchev–Trinajstić information content (AvgIpc) is 2.66. The molecule has 0 aromatic carbocycles. The van der Waals surface area contributed by atoms with E-state index < -0.39 is 23.9 Å². The number of carbonyl (C=O) groups is 3. The Morgan fingerprint density at radius 3 is 2.71 bits per heavy atom. The molecule has 3 heterocycles. The van der Waals surface area contributed by atoms with Crippen LogP contribution in [0.25, 0.3) is 0 Å². The van der Waals surface area contributed by atoms with Gasteiger partial charge in [-0.25, -0.2) is 4.57 Å². The molecule has 0 bridgehead atoms. The molecular weight excluding hydrogens is 517 g/mol. The van der Waals surface area contributed by atoms with E-state index in [0.29, 0.717) is 17.9 Å². The van der Waals surface area contributed by atoms with E-state index in [2.05, 4.69) is 0 Å². The van der Waals surface area contributed by atoms with Crippen molar-refractivity contribution in [3.8, 4) is 0 Å². The SMILES string of the molecule is I.N[C@@H]1C(=O)N2C(C(=O)[O-])=C(/C=C/C[n+]3ccc(SCC(=O)O)cc3)CS[C@H]12. The third-order valence-corrected chi connectivity index (χ3v) is 6.41. The van der Waals surface area contributed by atoms with Gasteiger partial charge in [0.2, 0.25) is 5.91 Å². The number of amides is 1. The summed E-state index contributed by atoms with van der Waals surface area (Å²) in [6, 6.07) is 2.96. The minimum atomic E-state index is -1.38. The average molecular weight is 535 g/mol. The summed E-state index contributed by atoms with van der Waals surface area (Å²) in [6.45, 7) is 0.495. The van der Waals surface area contributed by atoms with Crippen LogP contribution in [0.2, 0.25) is 0 Å². The molecule has 0 unspecified atom stereocenters. The maximum atomic E-state index is 11.9. The van der Waals surface area contributed by atoms with Crippen molar-refractivity contribution < 1.29 is 29.2 Å². The molecule has 2 aliphatic rings. The van der Waals surface area contributed by atoms with Crippen LogP contribution in [0.1, 0.15) is 0 Å². The number of carboxylic acid groups (broad SMARTS) is 2. The third-order valence-electron chi connectivity index (χ3n) is 4.09. The fraction of sp³-hybridized carbons (Fsp3) is 0.294. The summed E-state index contributed by atoms with van der Waals surface area (Å²) in [5, 5.41) is 19.8. The summed E-state index contributed by atoms with van der Waals surface area (Å²) in [4.78, 5) is 36.0. The Balaban J connectivity index is 0.00000280. The fourth-order valence-corrected chi connectivity index (χ4v) is 4.65. The van der Waals surface area contributed by atoms with Gasteiger partial charge in [0.1, 0.15) is 11.4 Å². The van der Waals surface area contributed by atoms with Crippen molar-refractivity contribution in [2.45, 2.75) is 22.9 Å². The molecule has 1 aromatic heterocycles. The molecule has 3 rings (SSSR count). The van der Waals surface area contributed by atoms with Crippen LogP contribution < -0.4 is 15.4 Å². The normalized spacial score (nSPS) is 21.2. The van der Waals surface area contributed by atoms with Gasteiger partial charge in [-0.15, -0.1) is 47.5 Å². The molecule has 150 valence electrons. The van der Waals surface area contributed by atoms with Crippen LogP contribution in [0.5, 0.6) is 0 Å². The van der Waals surface area contributed by atoms with E-state index >= 15 is 0 Å². The summed E-state index contributed by atoms with van der Waals surface area (Å²) < 4.78 is 1.87. The lowest BCUT2D eigenvalue weighted by Gasteiger charge is -2.49. The first kappa shape index (κ1) is 22.7. The second-order valence-electron chi connectivity index (χ2n) is 5.91. The van der Waals surface area contributed by atoms with Gasteiger partial charge >= 0.3 is 5.97 Å². The van der Waals surface area contributed by atoms with Crippen molar-refractivity contribution in [3.05, 3.63) is 47.9 Å². The maximum absolute atomic E-state index is 11.9. The predicted octanol–water partition coefficient (Wildman–Crippen LogP) is -0.429. The molecule has 8 nitrogen and oxygen atoms in total. The Bertz CT molecular complexity index is 844. The molecule has 1 aromatic rings. The van der Waals surface area contributed by atoms with E-state index in [9.17, 15) is 19.5 Å². The second-order valence-corrected chi connectivity index (χ2v) is 8.07. The third kappa shape index (κ3) is 4.88. The molecule has 1 amide bonds. The topological polar surface area (TPSA) is 128 Å². The summed E-state index contributed by atoms with van der Waals surface area (Å²) >= 11 is 2.67. The standard InChI is InChI=1S/C17H17N3O5S2.HI/c18-13-15(23)20-14(17(24)25)10(8-27-16(13)20)2-1-5-19-6-3-11(4-7-19)26-9-12(21)22;/h1-4,6-7,13,16H,5,8-9,18H2,(H-,21,22,24,25);1H/b2-1+;/t13-,16-;/m1./s1. The number of allylic oxidation sites excluding steroid dienone is 2. The predicted molar refractivity (Wildman–Crippen MR) is 113 cm³/mol. The highest BCUT2D eigenvalue weighted by Gasteiger charge is 2.49. The minimum absolute atomic E-state index is 0. The number of hydrogen-bond donors (Lipinski definition) is 2. The lowest BCUT2D eigenvalue weighted by atomic mass is 10.0. The van der Waals surface area contributed by atoms with Crippen LogP contribution in [-0.4, -0.2) is 50.8 Å². The highest BCUT2D eigenvalue weighted by molar-refractivity contribution is 14.0. The number of aliphatic carboxylic acids is 2. The first-order valence-corrected chi connectivity index (χ1v) is 10.1. The van der Waals surface area contributed by atoms with E-state index in [-0.39, 0.29) is 40.8 Å². The maximum Gasteiger partial charge on any atom is 0.313 e. The quantitative estimate of drug-likeness (QED) is 0.209. The van der Waals surface area contributed by atoms with Crippen LogP contribution in [0, 0.1) is 0 Å². The molecule has 28 heavy (non-hydrogen) atoms. The van der Waals surface area contributed by atoms with E-state index in [1.165, 1.54) is 28.4 Å². The van der Waals surface area contributed by atoms with E-state index in [0.717, 1.165) is 4.90 Å². The number of hydrogen-bond acceptors (Lipinski definition) is 7. The van der Waals surface area contributed by atoms with Gasteiger partial charge in [-0.2, -0.15) is 0 Å². The zero-order chi connectivity index (χ0) is 19.6. The van der Waals surface area contributed by atoms with Gasteiger partial charge < -0.3 is 20.7 Å². The number of pyridine rings is 1. The molecule has 0 radical (unpaired) electrons. The first-order valence-electron chi connectivity index (χ1n) is 8.03. The summed E-state index contributed by atoms with van der Waals surface area (Å²) in [6.07, 6.45) is 7.11. The largest absolute Gasteiger partial charge is 0.543 e.